The van der Waals surface area contributed by atoms with Crippen molar-refractivity contribution in [3.63, 3.8) is 0 Å². The van der Waals surface area contributed by atoms with Gasteiger partial charge in [0.25, 0.3) is 0 Å². The lowest BCUT2D eigenvalue weighted by Gasteiger charge is -2.21. The van der Waals surface area contributed by atoms with E-state index in [0.29, 0.717) is 35.6 Å². The van der Waals surface area contributed by atoms with Gasteiger partial charge in [0.15, 0.2) is 5.78 Å². The highest BCUT2D eigenvalue weighted by Crippen LogP contribution is 2.24. The van der Waals surface area contributed by atoms with Gasteiger partial charge in [0.2, 0.25) is 5.91 Å². The van der Waals surface area contributed by atoms with Gasteiger partial charge in [-0.1, -0.05) is 0 Å². The molecule has 0 saturated heterocycles. The number of carbonyl (C=O) groups excluding carboxylic acids is 3. The molecule has 0 aliphatic carbocycles. The average Bonchev–Trinajstić information content (AvgIpc) is 2.80. The minimum atomic E-state index is -0.689. The van der Waals surface area contributed by atoms with Crippen LogP contribution in [0.5, 0.6) is 0 Å². The molecule has 134 valence electrons. The molecule has 0 saturated carbocycles. The van der Waals surface area contributed by atoms with Gasteiger partial charge < -0.3 is 14.2 Å². The summed E-state index contributed by atoms with van der Waals surface area (Å²) in [4.78, 5) is 38.3. The first-order valence-electron chi connectivity index (χ1n) is 7.95. The SMILES string of the molecule is CCN(CC(=O)c1c(C)c(C(=O)OC)n(CC)c1C)C(=O)[C@H](C)Cl. The van der Waals surface area contributed by atoms with Crippen molar-refractivity contribution in [2.75, 3.05) is 20.2 Å². The lowest BCUT2D eigenvalue weighted by Crippen LogP contribution is -2.39. The summed E-state index contributed by atoms with van der Waals surface area (Å²) in [7, 11) is 1.31. The number of alkyl halides is 1. The molecular weight excluding hydrogens is 332 g/mol. The third-order valence-corrected chi connectivity index (χ3v) is 4.30. The first kappa shape index (κ1) is 20.2. The Morgan fingerprint density at radius 2 is 1.83 bits per heavy atom. The van der Waals surface area contributed by atoms with Gasteiger partial charge in [-0.2, -0.15) is 0 Å². The standard InChI is InChI=1S/C17H25ClN2O4/c1-7-19(16(22)11(4)18)9-13(21)14-10(3)15(17(23)24-6)20(8-2)12(14)5/h11H,7-9H2,1-6H3/t11-/m0/s1. The molecule has 1 atom stereocenters. The highest BCUT2D eigenvalue weighted by atomic mass is 35.5. The van der Waals surface area contributed by atoms with Gasteiger partial charge >= 0.3 is 5.97 Å². The maximum absolute atomic E-state index is 12.8. The quantitative estimate of drug-likeness (QED) is 0.428. The van der Waals surface area contributed by atoms with Crippen molar-refractivity contribution in [2.45, 2.75) is 46.5 Å². The van der Waals surface area contributed by atoms with E-state index in [1.807, 2.05) is 6.92 Å². The van der Waals surface area contributed by atoms with Gasteiger partial charge in [-0.3, -0.25) is 9.59 Å². The van der Waals surface area contributed by atoms with E-state index in [4.69, 9.17) is 16.3 Å². The molecule has 1 aromatic heterocycles. The Hall–Kier alpha value is -1.82. The van der Waals surface area contributed by atoms with E-state index in [2.05, 4.69) is 0 Å². The molecule has 7 heteroatoms. The van der Waals surface area contributed by atoms with E-state index in [1.165, 1.54) is 12.0 Å². The van der Waals surface area contributed by atoms with E-state index >= 15 is 0 Å². The maximum atomic E-state index is 12.8. The first-order chi connectivity index (χ1) is 11.2. The molecule has 0 spiro atoms. The van der Waals surface area contributed by atoms with E-state index in [-0.39, 0.29) is 18.2 Å². The van der Waals surface area contributed by atoms with Gasteiger partial charge in [0.1, 0.15) is 11.1 Å². The van der Waals surface area contributed by atoms with Crippen LogP contribution in [0.25, 0.3) is 0 Å². The fourth-order valence-corrected chi connectivity index (χ4v) is 3.05. The molecule has 1 heterocycles. The second-order valence-corrected chi connectivity index (χ2v) is 6.22. The normalized spacial score (nSPS) is 12.0. The van der Waals surface area contributed by atoms with Gasteiger partial charge in [-0.15, -0.1) is 11.6 Å². The number of halogens is 1. The predicted octanol–water partition coefficient (Wildman–Crippen LogP) is 2.57. The summed E-state index contributed by atoms with van der Waals surface area (Å²) < 4.78 is 6.59. The van der Waals surface area contributed by atoms with Crippen molar-refractivity contribution in [2.24, 2.45) is 0 Å². The van der Waals surface area contributed by atoms with Crippen molar-refractivity contribution in [3.8, 4) is 0 Å². The number of hydrogen-bond donors (Lipinski definition) is 0. The zero-order chi connectivity index (χ0) is 18.6. The number of esters is 1. The summed E-state index contributed by atoms with van der Waals surface area (Å²) in [6, 6.07) is 0. The summed E-state index contributed by atoms with van der Waals surface area (Å²) in [5.74, 6) is -0.977. The number of likely N-dealkylation sites (N-methyl/N-ethyl adjacent to an activating group) is 1. The molecule has 24 heavy (non-hydrogen) atoms. The third-order valence-electron chi connectivity index (χ3n) is 4.11. The first-order valence-corrected chi connectivity index (χ1v) is 8.38. The average molecular weight is 357 g/mol. The fraction of sp³-hybridized carbons (Fsp3) is 0.588. The van der Waals surface area contributed by atoms with Gasteiger partial charge in [0, 0.05) is 24.3 Å². The lowest BCUT2D eigenvalue weighted by atomic mass is 10.1. The number of amides is 1. The minimum absolute atomic E-state index is 0.0671. The molecule has 0 aliphatic rings. The lowest BCUT2D eigenvalue weighted by molar-refractivity contribution is -0.129. The number of methoxy groups -OCH3 is 1. The van der Waals surface area contributed by atoms with Crippen LogP contribution in [-0.4, -0.2) is 52.7 Å². The van der Waals surface area contributed by atoms with Crippen LogP contribution in [0.1, 0.15) is 52.9 Å². The Balaban J connectivity index is 3.27. The van der Waals surface area contributed by atoms with E-state index in [9.17, 15) is 14.4 Å². The van der Waals surface area contributed by atoms with Crippen LogP contribution >= 0.6 is 11.6 Å². The van der Waals surface area contributed by atoms with Gasteiger partial charge in [0.05, 0.1) is 13.7 Å². The van der Waals surface area contributed by atoms with Crippen molar-refractivity contribution in [1.82, 2.24) is 9.47 Å². The smallest absolute Gasteiger partial charge is 0.354 e. The van der Waals surface area contributed by atoms with E-state index in [0.717, 1.165) is 0 Å². The summed E-state index contributed by atoms with van der Waals surface area (Å²) in [5.41, 5.74) is 2.11. The molecule has 0 aliphatic heterocycles. The van der Waals surface area contributed by atoms with Crippen LogP contribution < -0.4 is 0 Å². The number of Topliss-reactive ketones (excluding diaryl/α,β-unsaturated/α-hetero) is 1. The second-order valence-electron chi connectivity index (χ2n) is 5.56. The molecule has 1 aromatic rings. The van der Waals surface area contributed by atoms with Crippen LogP contribution in [0.4, 0.5) is 0 Å². The molecule has 0 aromatic carbocycles. The van der Waals surface area contributed by atoms with E-state index < -0.39 is 11.3 Å². The molecule has 1 rings (SSSR count). The van der Waals surface area contributed by atoms with Crippen LogP contribution in [0.15, 0.2) is 0 Å². The summed E-state index contributed by atoms with van der Waals surface area (Å²) in [5, 5.41) is -0.689. The zero-order valence-corrected chi connectivity index (χ0v) is 15.9. The van der Waals surface area contributed by atoms with E-state index in [1.54, 1.807) is 32.3 Å². The van der Waals surface area contributed by atoms with Crippen LogP contribution in [0.2, 0.25) is 0 Å². The zero-order valence-electron chi connectivity index (χ0n) is 15.1. The number of hydrogen-bond acceptors (Lipinski definition) is 4. The van der Waals surface area contributed by atoms with Crippen LogP contribution in [0.3, 0.4) is 0 Å². The molecular formula is C17H25ClN2O4. The Kier molecular flexibility index (Phi) is 7.02. The third kappa shape index (κ3) is 3.80. The summed E-state index contributed by atoms with van der Waals surface area (Å²) in [6.07, 6.45) is 0. The highest BCUT2D eigenvalue weighted by Gasteiger charge is 2.28. The Morgan fingerprint density at radius 3 is 2.25 bits per heavy atom. The molecule has 0 bridgehead atoms. The molecule has 6 nitrogen and oxygen atoms in total. The summed E-state index contributed by atoms with van der Waals surface area (Å²) >= 11 is 5.84. The van der Waals surface area contributed by atoms with Crippen molar-refractivity contribution in [1.29, 1.82) is 0 Å². The molecule has 0 fully saturated rings. The number of rotatable bonds is 7. The fourth-order valence-electron chi connectivity index (χ4n) is 2.91. The van der Waals surface area contributed by atoms with Gasteiger partial charge in [-0.25, -0.2) is 4.79 Å². The molecule has 1 amide bonds. The Labute approximate surface area is 147 Å². The van der Waals surface area contributed by atoms with Gasteiger partial charge in [-0.05, 0) is 40.2 Å². The topological polar surface area (TPSA) is 68.6 Å². The monoisotopic (exact) mass is 356 g/mol. The van der Waals surface area contributed by atoms with Crippen LogP contribution in [-0.2, 0) is 16.1 Å². The minimum Gasteiger partial charge on any atom is -0.464 e. The molecule has 0 radical (unpaired) electrons. The van der Waals surface area contributed by atoms with Crippen molar-refractivity contribution < 1.29 is 19.1 Å². The summed E-state index contributed by atoms with van der Waals surface area (Å²) in [6.45, 7) is 9.64. The number of ketones is 1. The largest absolute Gasteiger partial charge is 0.464 e. The Morgan fingerprint density at radius 1 is 1.25 bits per heavy atom. The maximum Gasteiger partial charge on any atom is 0.354 e. The van der Waals surface area contributed by atoms with Crippen molar-refractivity contribution in [3.05, 3.63) is 22.5 Å². The Bertz CT molecular complexity index is 650. The molecule has 0 N–H and O–H groups in total. The number of aromatic nitrogens is 1. The number of carbonyl (C=O) groups is 3. The second kappa shape index (κ2) is 8.33. The number of nitrogens with zero attached hydrogens (tertiary/aromatic N) is 2. The van der Waals surface area contributed by atoms with Crippen molar-refractivity contribution >= 4 is 29.3 Å². The highest BCUT2D eigenvalue weighted by molar-refractivity contribution is 6.30. The molecule has 0 unspecified atom stereocenters. The predicted molar refractivity (Wildman–Crippen MR) is 92.8 cm³/mol. The number of ether oxygens (including phenoxy) is 1. The van der Waals surface area contributed by atoms with Crippen LogP contribution in [0, 0.1) is 13.8 Å².